The molecule has 1 aromatic carbocycles. The molecule has 1 aliphatic rings. The van der Waals surface area contributed by atoms with Crippen molar-refractivity contribution in [1.82, 2.24) is 9.78 Å². The van der Waals surface area contributed by atoms with Gasteiger partial charge in [0.25, 0.3) is 5.56 Å². The lowest BCUT2D eigenvalue weighted by atomic mass is 9.96. The molecule has 6 nitrogen and oxygen atoms in total. The number of hydrogen-bond acceptors (Lipinski definition) is 5. The number of aromatic nitrogens is 2. The van der Waals surface area contributed by atoms with E-state index < -0.39 is 12.1 Å². The molecule has 0 radical (unpaired) electrons. The van der Waals surface area contributed by atoms with Gasteiger partial charge in [0.15, 0.2) is 17.6 Å². The summed E-state index contributed by atoms with van der Waals surface area (Å²) in [7, 11) is 0. The van der Waals surface area contributed by atoms with Crippen LogP contribution >= 0.6 is 0 Å². The molecular formula is C18H20N2O4. The lowest BCUT2D eigenvalue weighted by Crippen LogP contribution is -2.32. The molecule has 0 spiro atoms. The molecule has 1 aromatic heterocycles. The summed E-state index contributed by atoms with van der Waals surface area (Å²) >= 11 is 0. The average Bonchev–Trinajstić information content (AvgIpc) is 2.59. The summed E-state index contributed by atoms with van der Waals surface area (Å²) < 4.78 is 6.70. The highest BCUT2D eigenvalue weighted by Gasteiger charge is 2.28. The topological polar surface area (TPSA) is 78.3 Å². The van der Waals surface area contributed by atoms with Gasteiger partial charge >= 0.3 is 5.97 Å². The van der Waals surface area contributed by atoms with Crippen molar-refractivity contribution >= 4 is 22.5 Å². The molecule has 1 atom stereocenters. The molecule has 0 amide bonds. The molecule has 24 heavy (non-hydrogen) atoms. The van der Waals surface area contributed by atoms with Crippen LogP contribution in [0.25, 0.3) is 10.8 Å². The third-order valence-corrected chi connectivity index (χ3v) is 4.24. The Kier molecular flexibility index (Phi) is 4.74. The highest BCUT2D eigenvalue weighted by Crippen LogP contribution is 2.20. The fourth-order valence-corrected chi connectivity index (χ4v) is 3.01. The van der Waals surface area contributed by atoms with Crippen LogP contribution < -0.4 is 5.56 Å². The average molecular weight is 328 g/mol. The van der Waals surface area contributed by atoms with Gasteiger partial charge in [-0.15, -0.1) is 0 Å². The first-order valence-electron chi connectivity index (χ1n) is 8.35. The highest BCUT2D eigenvalue weighted by atomic mass is 16.5. The van der Waals surface area contributed by atoms with E-state index in [1.165, 1.54) is 4.68 Å². The Morgan fingerprint density at radius 2 is 2.00 bits per heavy atom. The van der Waals surface area contributed by atoms with E-state index in [-0.39, 0.29) is 17.0 Å². The van der Waals surface area contributed by atoms with Gasteiger partial charge in [-0.1, -0.05) is 25.1 Å². The fraction of sp³-hybridized carbons (Fsp3) is 0.444. The van der Waals surface area contributed by atoms with Crippen molar-refractivity contribution in [3.8, 4) is 0 Å². The number of nitrogens with zero attached hydrogens (tertiary/aromatic N) is 2. The molecule has 2 aromatic rings. The molecule has 0 bridgehead atoms. The first kappa shape index (κ1) is 16.4. The molecule has 0 aliphatic heterocycles. The molecule has 0 saturated heterocycles. The van der Waals surface area contributed by atoms with E-state index in [4.69, 9.17) is 4.74 Å². The van der Waals surface area contributed by atoms with Gasteiger partial charge in [0.1, 0.15) is 0 Å². The predicted octanol–water partition coefficient (Wildman–Crippen LogP) is 2.48. The summed E-state index contributed by atoms with van der Waals surface area (Å²) in [6.45, 7) is 2.36. The third kappa shape index (κ3) is 3.09. The van der Waals surface area contributed by atoms with Gasteiger partial charge in [-0.3, -0.25) is 9.59 Å². The van der Waals surface area contributed by atoms with Gasteiger partial charge < -0.3 is 4.74 Å². The van der Waals surface area contributed by atoms with Gasteiger partial charge in [0.05, 0.1) is 5.39 Å². The van der Waals surface area contributed by atoms with Crippen molar-refractivity contribution in [3.63, 3.8) is 0 Å². The second kappa shape index (κ2) is 6.95. The Hall–Kier alpha value is -2.50. The van der Waals surface area contributed by atoms with Crippen molar-refractivity contribution in [2.75, 3.05) is 0 Å². The quantitative estimate of drug-likeness (QED) is 0.806. The van der Waals surface area contributed by atoms with Gasteiger partial charge in [-0.25, -0.2) is 9.48 Å². The van der Waals surface area contributed by atoms with Gasteiger partial charge in [-0.05, 0) is 31.7 Å². The highest BCUT2D eigenvalue weighted by molar-refractivity contribution is 6.03. The van der Waals surface area contributed by atoms with Crippen LogP contribution in [0.2, 0.25) is 0 Å². The van der Waals surface area contributed by atoms with Gasteiger partial charge in [0, 0.05) is 18.4 Å². The SMILES string of the molecule is CCCn1nc(C(=O)O[C@@H]2CCCCC2=O)c2ccccc2c1=O. The van der Waals surface area contributed by atoms with E-state index in [1.807, 2.05) is 6.92 Å². The van der Waals surface area contributed by atoms with E-state index in [9.17, 15) is 14.4 Å². The number of rotatable bonds is 4. The molecule has 1 fully saturated rings. The van der Waals surface area contributed by atoms with E-state index in [0.29, 0.717) is 30.2 Å². The van der Waals surface area contributed by atoms with Crippen LogP contribution in [0.1, 0.15) is 49.5 Å². The van der Waals surface area contributed by atoms with Crippen LogP contribution in [0.15, 0.2) is 29.1 Å². The zero-order chi connectivity index (χ0) is 17.1. The lowest BCUT2D eigenvalue weighted by Gasteiger charge is -2.20. The minimum Gasteiger partial charge on any atom is -0.450 e. The van der Waals surface area contributed by atoms with Gasteiger partial charge in [0.2, 0.25) is 0 Å². The number of carbonyl (C=O) groups is 2. The van der Waals surface area contributed by atoms with Crippen molar-refractivity contribution in [2.45, 2.75) is 51.7 Å². The number of benzene rings is 1. The Bertz CT molecular complexity index is 841. The summed E-state index contributed by atoms with van der Waals surface area (Å²) in [6.07, 6.45) is 2.74. The molecule has 0 N–H and O–H groups in total. The smallest absolute Gasteiger partial charge is 0.360 e. The number of hydrogen-bond donors (Lipinski definition) is 0. The number of fused-ring (bicyclic) bond motifs is 1. The van der Waals surface area contributed by atoms with E-state index in [2.05, 4.69) is 5.10 Å². The second-order valence-corrected chi connectivity index (χ2v) is 6.03. The van der Waals surface area contributed by atoms with E-state index in [1.54, 1.807) is 24.3 Å². The third-order valence-electron chi connectivity index (χ3n) is 4.24. The second-order valence-electron chi connectivity index (χ2n) is 6.03. The number of ether oxygens (including phenoxy) is 1. The van der Waals surface area contributed by atoms with Crippen LogP contribution in [0.5, 0.6) is 0 Å². The van der Waals surface area contributed by atoms with Crippen molar-refractivity contribution < 1.29 is 14.3 Å². The first-order chi connectivity index (χ1) is 11.6. The number of ketones is 1. The van der Waals surface area contributed by atoms with Crippen LogP contribution in [0, 0.1) is 0 Å². The van der Waals surface area contributed by atoms with E-state index in [0.717, 1.165) is 19.3 Å². The molecule has 1 heterocycles. The van der Waals surface area contributed by atoms with Crippen molar-refractivity contribution in [3.05, 3.63) is 40.3 Å². The Morgan fingerprint density at radius 1 is 1.25 bits per heavy atom. The summed E-state index contributed by atoms with van der Waals surface area (Å²) in [5.41, 5.74) is -0.130. The Balaban J connectivity index is 2.01. The molecule has 6 heteroatoms. The standard InChI is InChI=1S/C18H20N2O4/c1-2-11-20-17(22)13-8-4-3-7-12(13)16(19-20)18(23)24-15-10-6-5-9-14(15)21/h3-4,7-8,15H,2,5-6,9-11H2,1H3/t15-/m1/s1. The van der Waals surface area contributed by atoms with Crippen LogP contribution in [0.3, 0.4) is 0 Å². The molecule has 126 valence electrons. The molecule has 1 saturated carbocycles. The monoisotopic (exact) mass is 328 g/mol. The molecular weight excluding hydrogens is 308 g/mol. The van der Waals surface area contributed by atoms with E-state index >= 15 is 0 Å². The summed E-state index contributed by atoms with van der Waals surface area (Å²) in [6, 6.07) is 6.85. The first-order valence-corrected chi connectivity index (χ1v) is 8.35. The Morgan fingerprint density at radius 3 is 2.71 bits per heavy atom. The zero-order valence-corrected chi connectivity index (χ0v) is 13.7. The normalized spacial score (nSPS) is 17.9. The Labute approximate surface area is 139 Å². The molecule has 0 unspecified atom stereocenters. The minimum atomic E-state index is -0.696. The minimum absolute atomic E-state index is 0.0409. The summed E-state index contributed by atoms with van der Waals surface area (Å²) in [4.78, 5) is 36.9. The number of carbonyl (C=O) groups excluding carboxylic acids is 2. The summed E-state index contributed by atoms with van der Waals surface area (Å²) in [5.74, 6) is -0.683. The van der Waals surface area contributed by atoms with Gasteiger partial charge in [-0.2, -0.15) is 5.10 Å². The number of Topliss-reactive ketones (excluding diaryl/α,β-unsaturated/α-hetero) is 1. The number of aryl methyl sites for hydroxylation is 1. The maximum absolute atomic E-state index is 12.6. The molecule has 1 aliphatic carbocycles. The largest absolute Gasteiger partial charge is 0.450 e. The predicted molar refractivity (Wildman–Crippen MR) is 89.0 cm³/mol. The zero-order valence-electron chi connectivity index (χ0n) is 13.7. The molecule has 3 rings (SSSR count). The number of esters is 1. The summed E-state index contributed by atoms with van der Waals surface area (Å²) in [5, 5.41) is 5.09. The van der Waals surface area contributed by atoms with Crippen LogP contribution in [-0.4, -0.2) is 27.6 Å². The van der Waals surface area contributed by atoms with Crippen LogP contribution in [0.4, 0.5) is 0 Å². The van der Waals surface area contributed by atoms with Crippen molar-refractivity contribution in [2.24, 2.45) is 0 Å². The van der Waals surface area contributed by atoms with Crippen LogP contribution in [-0.2, 0) is 16.1 Å². The maximum Gasteiger partial charge on any atom is 0.360 e. The fourth-order valence-electron chi connectivity index (χ4n) is 3.01. The lowest BCUT2D eigenvalue weighted by molar-refractivity contribution is -0.129. The van der Waals surface area contributed by atoms with Crippen molar-refractivity contribution in [1.29, 1.82) is 0 Å². The maximum atomic E-state index is 12.6.